The molecule has 1 unspecified atom stereocenters. The van der Waals surface area contributed by atoms with E-state index in [-0.39, 0.29) is 18.7 Å². The molecule has 2 aromatic rings. The summed E-state index contributed by atoms with van der Waals surface area (Å²) in [5, 5.41) is 12.6. The van der Waals surface area contributed by atoms with Crippen molar-refractivity contribution in [3.63, 3.8) is 0 Å². The second-order valence-corrected chi connectivity index (χ2v) is 3.78. The molecule has 0 spiro atoms. The number of hydrogen-bond acceptors (Lipinski definition) is 4. The SMILES string of the molecule is NCC(CO)c1nccn2nc(C(F)(F)F)cc12. The quantitative estimate of drug-likeness (QED) is 0.855. The lowest BCUT2D eigenvalue weighted by Gasteiger charge is -2.11. The molecule has 1 atom stereocenters. The second-order valence-electron chi connectivity index (χ2n) is 3.78. The maximum Gasteiger partial charge on any atom is 0.435 e. The minimum absolute atomic E-state index is 0.0930. The van der Waals surface area contributed by atoms with Gasteiger partial charge in [0.25, 0.3) is 0 Å². The molecule has 0 radical (unpaired) electrons. The summed E-state index contributed by atoms with van der Waals surface area (Å²) in [5.74, 6) is -0.508. The number of aliphatic hydroxyl groups is 1. The van der Waals surface area contributed by atoms with Crippen LogP contribution in [0.2, 0.25) is 0 Å². The zero-order valence-corrected chi connectivity index (χ0v) is 9.22. The van der Waals surface area contributed by atoms with Gasteiger partial charge in [0.1, 0.15) is 0 Å². The van der Waals surface area contributed by atoms with Gasteiger partial charge in [-0.05, 0) is 6.07 Å². The average molecular weight is 260 g/mol. The van der Waals surface area contributed by atoms with Crippen molar-refractivity contribution in [1.82, 2.24) is 14.6 Å². The topological polar surface area (TPSA) is 76.4 Å². The van der Waals surface area contributed by atoms with E-state index >= 15 is 0 Å². The fourth-order valence-electron chi connectivity index (χ4n) is 1.67. The fraction of sp³-hybridized carbons (Fsp3) is 0.400. The van der Waals surface area contributed by atoms with Gasteiger partial charge >= 0.3 is 6.18 Å². The number of alkyl halides is 3. The van der Waals surface area contributed by atoms with E-state index in [4.69, 9.17) is 10.8 Å². The number of hydrogen-bond donors (Lipinski definition) is 2. The summed E-state index contributed by atoms with van der Waals surface area (Å²) >= 11 is 0. The Bertz CT molecular complexity index is 548. The third-order valence-electron chi connectivity index (χ3n) is 2.60. The van der Waals surface area contributed by atoms with E-state index in [1.807, 2.05) is 0 Å². The molecule has 0 saturated carbocycles. The molecular weight excluding hydrogens is 249 g/mol. The Morgan fingerprint density at radius 3 is 2.72 bits per heavy atom. The molecule has 0 aliphatic carbocycles. The number of aromatic nitrogens is 3. The summed E-state index contributed by atoms with van der Waals surface area (Å²) in [7, 11) is 0. The third kappa shape index (κ3) is 2.16. The zero-order chi connectivity index (χ0) is 13.3. The zero-order valence-electron chi connectivity index (χ0n) is 9.22. The predicted octanol–water partition coefficient (Wildman–Crippen LogP) is 0.783. The van der Waals surface area contributed by atoms with Gasteiger partial charge in [0.05, 0.1) is 17.8 Å². The summed E-state index contributed by atoms with van der Waals surface area (Å²) in [4.78, 5) is 3.98. The highest BCUT2D eigenvalue weighted by Crippen LogP contribution is 2.30. The van der Waals surface area contributed by atoms with Crippen LogP contribution in [0.3, 0.4) is 0 Å². The Balaban J connectivity index is 2.59. The highest BCUT2D eigenvalue weighted by Gasteiger charge is 2.34. The number of nitrogens with two attached hydrogens (primary N) is 1. The van der Waals surface area contributed by atoms with Crippen LogP contribution in [-0.4, -0.2) is 32.9 Å². The molecule has 18 heavy (non-hydrogen) atoms. The molecule has 0 bridgehead atoms. The molecule has 0 aliphatic rings. The van der Waals surface area contributed by atoms with Crippen LogP contribution in [0.1, 0.15) is 17.3 Å². The van der Waals surface area contributed by atoms with Crippen LogP contribution in [0.5, 0.6) is 0 Å². The molecule has 2 rings (SSSR count). The highest BCUT2D eigenvalue weighted by molar-refractivity contribution is 5.54. The highest BCUT2D eigenvalue weighted by atomic mass is 19.4. The predicted molar refractivity (Wildman–Crippen MR) is 56.9 cm³/mol. The van der Waals surface area contributed by atoms with Crippen molar-refractivity contribution in [3.8, 4) is 0 Å². The van der Waals surface area contributed by atoms with E-state index in [9.17, 15) is 13.2 Å². The van der Waals surface area contributed by atoms with Crippen molar-refractivity contribution in [1.29, 1.82) is 0 Å². The number of halogens is 3. The Morgan fingerprint density at radius 1 is 1.44 bits per heavy atom. The first-order valence-electron chi connectivity index (χ1n) is 5.19. The summed E-state index contributed by atoms with van der Waals surface area (Å²) in [6.07, 6.45) is -1.87. The van der Waals surface area contributed by atoms with E-state index in [0.29, 0.717) is 5.69 Å². The van der Waals surface area contributed by atoms with Crippen LogP contribution in [0.4, 0.5) is 13.2 Å². The first kappa shape index (κ1) is 12.8. The van der Waals surface area contributed by atoms with E-state index in [1.165, 1.54) is 12.4 Å². The summed E-state index contributed by atoms with van der Waals surface area (Å²) in [5.41, 5.74) is 4.97. The molecule has 0 amide bonds. The van der Waals surface area contributed by atoms with Gasteiger partial charge in [0.2, 0.25) is 0 Å². The molecular formula is C10H11F3N4O. The summed E-state index contributed by atoms with van der Waals surface area (Å²) < 4.78 is 38.7. The van der Waals surface area contributed by atoms with Crippen LogP contribution < -0.4 is 5.73 Å². The number of rotatable bonds is 3. The third-order valence-corrected chi connectivity index (χ3v) is 2.60. The van der Waals surface area contributed by atoms with Crippen molar-refractivity contribution < 1.29 is 18.3 Å². The molecule has 0 fully saturated rings. The van der Waals surface area contributed by atoms with Crippen LogP contribution in [0.15, 0.2) is 18.5 Å². The Labute approximate surface area is 100 Å². The number of aliphatic hydroxyl groups excluding tert-OH is 1. The molecule has 8 heteroatoms. The Hall–Kier alpha value is -1.67. The fourth-order valence-corrected chi connectivity index (χ4v) is 1.67. The maximum absolute atomic E-state index is 12.6. The van der Waals surface area contributed by atoms with Crippen molar-refractivity contribution >= 4 is 5.52 Å². The molecule has 98 valence electrons. The van der Waals surface area contributed by atoms with Gasteiger partial charge in [-0.25, -0.2) is 4.52 Å². The van der Waals surface area contributed by atoms with Crippen molar-refractivity contribution in [2.75, 3.05) is 13.2 Å². The Morgan fingerprint density at radius 2 is 2.17 bits per heavy atom. The van der Waals surface area contributed by atoms with Crippen molar-refractivity contribution in [3.05, 3.63) is 29.8 Å². The molecule has 3 N–H and O–H groups in total. The van der Waals surface area contributed by atoms with Crippen LogP contribution in [0.25, 0.3) is 5.52 Å². The second kappa shape index (κ2) is 4.54. The summed E-state index contributed by atoms with van der Waals surface area (Å²) in [6, 6.07) is 0.903. The number of fused-ring (bicyclic) bond motifs is 1. The molecule has 0 aromatic carbocycles. The first-order chi connectivity index (χ1) is 8.47. The van der Waals surface area contributed by atoms with Gasteiger partial charge in [0.15, 0.2) is 5.69 Å². The molecule has 0 aliphatic heterocycles. The minimum Gasteiger partial charge on any atom is -0.396 e. The van der Waals surface area contributed by atoms with E-state index in [2.05, 4.69) is 10.1 Å². The van der Waals surface area contributed by atoms with Crippen molar-refractivity contribution in [2.24, 2.45) is 5.73 Å². The minimum atomic E-state index is -4.51. The lowest BCUT2D eigenvalue weighted by Crippen LogP contribution is -2.18. The smallest absolute Gasteiger partial charge is 0.396 e. The molecule has 2 heterocycles. The molecule has 0 saturated heterocycles. The van der Waals surface area contributed by atoms with Crippen LogP contribution in [-0.2, 0) is 6.18 Å². The lowest BCUT2D eigenvalue weighted by atomic mass is 10.1. The lowest BCUT2D eigenvalue weighted by molar-refractivity contribution is -0.141. The average Bonchev–Trinajstić information content (AvgIpc) is 2.75. The van der Waals surface area contributed by atoms with Gasteiger partial charge in [-0.1, -0.05) is 0 Å². The molecule has 2 aromatic heterocycles. The van der Waals surface area contributed by atoms with Crippen LogP contribution >= 0.6 is 0 Å². The molecule has 5 nitrogen and oxygen atoms in total. The van der Waals surface area contributed by atoms with Gasteiger partial charge in [-0.15, -0.1) is 0 Å². The van der Waals surface area contributed by atoms with Gasteiger partial charge < -0.3 is 10.8 Å². The van der Waals surface area contributed by atoms with Gasteiger partial charge in [0, 0.05) is 24.9 Å². The standard InChI is InChI=1S/C10H11F3N4O/c11-10(12,13)8-3-7-9(6(4-14)5-18)15-1-2-17(7)16-8/h1-3,6,18H,4-5,14H2. The van der Waals surface area contributed by atoms with Gasteiger partial charge in [-0.2, -0.15) is 18.3 Å². The Kier molecular flexibility index (Phi) is 3.22. The van der Waals surface area contributed by atoms with E-state index in [0.717, 1.165) is 10.6 Å². The monoisotopic (exact) mass is 260 g/mol. The van der Waals surface area contributed by atoms with Gasteiger partial charge in [-0.3, -0.25) is 4.98 Å². The largest absolute Gasteiger partial charge is 0.435 e. The number of nitrogens with zero attached hydrogens (tertiary/aromatic N) is 3. The first-order valence-corrected chi connectivity index (χ1v) is 5.19. The normalized spacial score (nSPS) is 14.1. The maximum atomic E-state index is 12.6. The van der Waals surface area contributed by atoms with Crippen molar-refractivity contribution in [2.45, 2.75) is 12.1 Å². The van der Waals surface area contributed by atoms with Crippen LogP contribution in [0, 0.1) is 0 Å². The van der Waals surface area contributed by atoms with E-state index < -0.39 is 17.8 Å². The summed E-state index contributed by atoms with van der Waals surface area (Å²) in [6.45, 7) is -0.189. The van der Waals surface area contributed by atoms with E-state index in [1.54, 1.807) is 0 Å².